The minimum absolute atomic E-state index is 0.471. The number of aryl methyl sites for hydroxylation is 2. The molecule has 18 heavy (non-hydrogen) atoms. The van der Waals surface area contributed by atoms with Gasteiger partial charge < -0.3 is 5.73 Å². The van der Waals surface area contributed by atoms with Crippen LogP contribution in [0.15, 0.2) is 0 Å². The van der Waals surface area contributed by atoms with Crippen molar-refractivity contribution in [1.82, 2.24) is 4.98 Å². The smallest absolute Gasteiger partial charge is 0.0931 e. The fourth-order valence-corrected chi connectivity index (χ4v) is 3.98. The van der Waals surface area contributed by atoms with Crippen molar-refractivity contribution in [2.75, 3.05) is 6.54 Å². The Morgan fingerprint density at radius 1 is 1.44 bits per heavy atom. The lowest BCUT2D eigenvalue weighted by Gasteiger charge is -2.35. The summed E-state index contributed by atoms with van der Waals surface area (Å²) in [6.45, 7) is 7.92. The van der Waals surface area contributed by atoms with Crippen LogP contribution in [0, 0.1) is 11.3 Å². The number of hydrogen-bond donors (Lipinski definition) is 1. The molecular weight excluding hydrogens is 240 g/mol. The predicted molar refractivity (Wildman–Crippen MR) is 79.1 cm³/mol. The van der Waals surface area contributed by atoms with Gasteiger partial charge in [0.25, 0.3) is 0 Å². The highest BCUT2D eigenvalue weighted by molar-refractivity contribution is 7.11. The maximum Gasteiger partial charge on any atom is 0.0931 e. The van der Waals surface area contributed by atoms with Crippen LogP contribution in [0.25, 0.3) is 0 Å². The molecule has 0 saturated heterocycles. The van der Waals surface area contributed by atoms with Gasteiger partial charge in [0.1, 0.15) is 0 Å². The Bertz CT molecular complexity index is 395. The highest BCUT2D eigenvalue weighted by atomic mass is 32.1. The molecule has 2 nitrogen and oxygen atoms in total. The van der Waals surface area contributed by atoms with Crippen molar-refractivity contribution < 1.29 is 0 Å². The van der Waals surface area contributed by atoms with E-state index < -0.39 is 0 Å². The highest BCUT2D eigenvalue weighted by Crippen LogP contribution is 2.41. The number of aromatic nitrogens is 1. The van der Waals surface area contributed by atoms with Gasteiger partial charge in [0.2, 0.25) is 0 Å². The number of hydrogen-bond acceptors (Lipinski definition) is 3. The Balaban J connectivity index is 2.07. The van der Waals surface area contributed by atoms with Gasteiger partial charge in [-0.05, 0) is 43.6 Å². The third kappa shape index (κ3) is 2.94. The van der Waals surface area contributed by atoms with E-state index in [1.807, 2.05) is 11.3 Å². The Kier molecular flexibility index (Phi) is 4.44. The Morgan fingerprint density at radius 2 is 2.22 bits per heavy atom. The van der Waals surface area contributed by atoms with Crippen LogP contribution < -0.4 is 5.73 Å². The fourth-order valence-electron chi connectivity index (χ4n) is 2.74. The minimum Gasteiger partial charge on any atom is -0.330 e. The third-order valence-electron chi connectivity index (χ3n) is 4.60. The van der Waals surface area contributed by atoms with Gasteiger partial charge in [0.05, 0.1) is 10.7 Å². The van der Waals surface area contributed by atoms with Crippen molar-refractivity contribution in [2.45, 2.75) is 59.3 Å². The summed E-state index contributed by atoms with van der Waals surface area (Å²) in [6, 6.07) is 0. The van der Waals surface area contributed by atoms with E-state index in [2.05, 4.69) is 20.8 Å². The van der Waals surface area contributed by atoms with E-state index in [4.69, 9.17) is 10.7 Å². The quantitative estimate of drug-likeness (QED) is 0.885. The summed E-state index contributed by atoms with van der Waals surface area (Å²) in [5.41, 5.74) is 7.43. The van der Waals surface area contributed by atoms with Crippen LogP contribution in [0.5, 0.6) is 0 Å². The molecule has 2 N–H and O–H groups in total. The monoisotopic (exact) mass is 266 g/mol. The minimum atomic E-state index is 0.471. The molecule has 1 unspecified atom stereocenters. The zero-order valence-electron chi connectivity index (χ0n) is 12.0. The van der Waals surface area contributed by atoms with E-state index in [9.17, 15) is 0 Å². The summed E-state index contributed by atoms with van der Waals surface area (Å²) in [5, 5.41) is 1.31. The molecule has 0 aliphatic heterocycles. The lowest BCUT2D eigenvalue weighted by atomic mass is 9.70. The molecule has 2 rings (SSSR count). The molecule has 0 amide bonds. The van der Waals surface area contributed by atoms with Crippen molar-refractivity contribution in [2.24, 2.45) is 17.1 Å². The van der Waals surface area contributed by atoms with E-state index in [1.165, 1.54) is 36.4 Å². The second-order valence-corrected chi connectivity index (χ2v) is 7.32. The third-order valence-corrected chi connectivity index (χ3v) is 5.77. The summed E-state index contributed by atoms with van der Waals surface area (Å²) < 4.78 is 0. The Hall–Kier alpha value is -0.410. The van der Waals surface area contributed by atoms with Crippen molar-refractivity contribution in [3.05, 3.63) is 15.6 Å². The largest absolute Gasteiger partial charge is 0.330 e. The molecule has 0 fully saturated rings. The van der Waals surface area contributed by atoms with E-state index in [-0.39, 0.29) is 0 Å². The lowest BCUT2D eigenvalue weighted by Crippen LogP contribution is -2.28. The molecule has 0 bridgehead atoms. The molecule has 1 aromatic heterocycles. The highest BCUT2D eigenvalue weighted by Gasteiger charge is 2.32. The average molecular weight is 266 g/mol. The Morgan fingerprint density at radius 3 is 2.89 bits per heavy atom. The molecule has 0 saturated carbocycles. The lowest BCUT2D eigenvalue weighted by molar-refractivity contribution is 0.183. The zero-order valence-corrected chi connectivity index (χ0v) is 12.8. The number of thiazole rings is 1. The van der Waals surface area contributed by atoms with E-state index in [0.29, 0.717) is 5.41 Å². The predicted octanol–water partition coefficient (Wildman–Crippen LogP) is 3.58. The summed E-state index contributed by atoms with van der Waals surface area (Å²) in [6.07, 6.45) is 7.14. The van der Waals surface area contributed by atoms with Crippen LogP contribution >= 0.6 is 11.3 Å². The first-order chi connectivity index (χ1) is 8.56. The first-order valence-corrected chi connectivity index (χ1v) is 8.06. The molecule has 1 aliphatic carbocycles. The molecule has 1 heterocycles. The molecule has 3 heteroatoms. The van der Waals surface area contributed by atoms with Crippen molar-refractivity contribution in [3.8, 4) is 0 Å². The SMILES string of the molecule is CCC(C)(C)C1CCc2nc(CCCN)sc2C1. The van der Waals surface area contributed by atoms with Crippen LogP contribution in [0.2, 0.25) is 0 Å². The van der Waals surface area contributed by atoms with Crippen LogP contribution in [0.4, 0.5) is 0 Å². The van der Waals surface area contributed by atoms with Crippen molar-refractivity contribution >= 4 is 11.3 Å². The molecule has 1 atom stereocenters. The van der Waals surface area contributed by atoms with E-state index in [1.54, 1.807) is 4.88 Å². The maximum atomic E-state index is 5.57. The van der Waals surface area contributed by atoms with Crippen LogP contribution in [-0.4, -0.2) is 11.5 Å². The van der Waals surface area contributed by atoms with Gasteiger partial charge in [-0.3, -0.25) is 0 Å². The summed E-state index contributed by atoms with van der Waals surface area (Å²) in [7, 11) is 0. The molecule has 0 spiro atoms. The fraction of sp³-hybridized carbons (Fsp3) is 0.800. The molecule has 0 radical (unpaired) electrons. The second kappa shape index (κ2) is 5.70. The number of fused-ring (bicyclic) bond motifs is 1. The maximum absolute atomic E-state index is 5.57. The molecule has 1 aromatic rings. The molecule has 1 aliphatic rings. The zero-order chi connectivity index (χ0) is 13.2. The summed E-state index contributed by atoms with van der Waals surface area (Å²) in [5.74, 6) is 0.831. The van der Waals surface area contributed by atoms with Gasteiger partial charge >= 0.3 is 0 Å². The van der Waals surface area contributed by atoms with Gasteiger partial charge in [0, 0.05) is 11.3 Å². The average Bonchev–Trinajstić information content (AvgIpc) is 2.77. The normalized spacial score (nSPS) is 19.9. The van der Waals surface area contributed by atoms with Crippen LogP contribution in [-0.2, 0) is 19.3 Å². The van der Waals surface area contributed by atoms with Gasteiger partial charge in [0.15, 0.2) is 0 Å². The van der Waals surface area contributed by atoms with Crippen LogP contribution in [0.3, 0.4) is 0 Å². The molecular formula is C15H26N2S. The molecule has 102 valence electrons. The standard InChI is InChI=1S/C15H26N2S/c1-4-15(2,3)11-7-8-12-13(10-11)18-14(17-12)6-5-9-16/h11H,4-10,16H2,1-3H3. The summed E-state index contributed by atoms with van der Waals surface area (Å²) in [4.78, 5) is 6.35. The van der Waals surface area contributed by atoms with E-state index >= 15 is 0 Å². The van der Waals surface area contributed by atoms with Gasteiger partial charge in [-0.1, -0.05) is 27.2 Å². The van der Waals surface area contributed by atoms with Crippen molar-refractivity contribution in [3.63, 3.8) is 0 Å². The number of nitrogens with zero attached hydrogens (tertiary/aromatic N) is 1. The number of rotatable bonds is 5. The molecule has 0 aromatic carbocycles. The van der Waals surface area contributed by atoms with Gasteiger partial charge in [-0.25, -0.2) is 4.98 Å². The first kappa shape index (κ1) is 14.0. The van der Waals surface area contributed by atoms with Crippen LogP contribution in [0.1, 0.15) is 55.6 Å². The number of nitrogens with two attached hydrogens (primary N) is 1. The Labute approximate surface area is 115 Å². The first-order valence-electron chi connectivity index (χ1n) is 7.24. The van der Waals surface area contributed by atoms with Gasteiger partial charge in [-0.15, -0.1) is 11.3 Å². The summed E-state index contributed by atoms with van der Waals surface area (Å²) >= 11 is 1.94. The topological polar surface area (TPSA) is 38.9 Å². The van der Waals surface area contributed by atoms with E-state index in [0.717, 1.165) is 25.3 Å². The second-order valence-electron chi connectivity index (χ2n) is 6.15. The van der Waals surface area contributed by atoms with Crippen molar-refractivity contribution in [1.29, 1.82) is 0 Å². The van der Waals surface area contributed by atoms with Gasteiger partial charge in [-0.2, -0.15) is 0 Å².